The second-order valence-corrected chi connectivity index (χ2v) is 7.10. The summed E-state index contributed by atoms with van der Waals surface area (Å²) in [5.41, 5.74) is 1.44. The molecule has 2 aliphatic carbocycles. The van der Waals surface area contributed by atoms with Crippen molar-refractivity contribution in [2.75, 3.05) is 7.11 Å². The van der Waals surface area contributed by atoms with Gasteiger partial charge in [0, 0.05) is 0 Å². The zero-order valence-corrected chi connectivity index (χ0v) is 14.1. The van der Waals surface area contributed by atoms with Crippen LogP contribution >= 0.6 is 0 Å². The SMILES string of the molecule is COc1ccc(BN(C2CCCCC2)C2CCCCC2)cc1. The van der Waals surface area contributed by atoms with Gasteiger partial charge in [0.05, 0.1) is 7.11 Å². The monoisotopic (exact) mass is 299 g/mol. The van der Waals surface area contributed by atoms with Gasteiger partial charge in [0.25, 0.3) is 0 Å². The number of methoxy groups -OCH3 is 1. The van der Waals surface area contributed by atoms with Crippen LogP contribution in [-0.4, -0.2) is 31.4 Å². The smallest absolute Gasteiger partial charge is 0.239 e. The number of ether oxygens (including phenoxy) is 1. The van der Waals surface area contributed by atoms with Crippen LogP contribution in [-0.2, 0) is 0 Å². The third-order valence-electron chi connectivity index (χ3n) is 5.61. The maximum atomic E-state index is 5.29. The Bertz CT molecular complexity index is 417. The van der Waals surface area contributed by atoms with Gasteiger partial charge in [0.2, 0.25) is 7.41 Å². The fraction of sp³-hybridized carbons (Fsp3) is 0.684. The van der Waals surface area contributed by atoms with Gasteiger partial charge in [-0.15, -0.1) is 0 Å². The Balaban J connectivity index is 1.71. The molecule has 0 radical (unpaired) electrons. The van der Waals surface area contributed by atoms with Crippen LogP contribution < -0.4 is 10.2 Å². The summed E-state index contributed by atoms with van der Waals surface area (Å²) in [7, 11) is 2.87. The van der Waals surface area contributed by atoms with Gasteiger partial charge in [-0.1, -0.05) is 56.1 Å². The molecule has 22 heavy (non-hydrogen) atoms. The molecule has 0 aromatic heterocycles. The summed E-state index contributed by atoms with van der Waals surface area (Å²) >= 11 is 0. The molecular formula is C19H30BNO. The van der Waals surface area contributed by atoms with Crippen molar-refractivity contribution in [3.8, 4) is 5.75 Å². The van der Waals surface area contributed by atoms with Crippen LogP contribution in [0.3, 0.4) is 0 Å². The minimum Gasteiger partial charge on any atom is -0.497 e. The quantitative estimate of drug-likeness (QED) is 0.770. The second kappa shape index (κ2) is 8.05. The molecule has 0 unspecified atom stereocenters. The van der Waals surface area contributed by atoms with Crippen LogP contribution in [0.25, 0.3) is 0 Å². The average Bonchev–Trinajstić information content (AvgIpc) is 2.62. The molecule has 0 aliphatic heterocycles. The van der Waals surface area contributed by atoms with E-state index in [2.05, 4.69) is 29.1 Å². The first-order valence-electron chi connectivity index (χ1n) is 9.25. The van der Waals surface area contributed by atoms with Gasteiger partial charge in [0.1, 0.15) is 5.75 Å². The number of hydrogen-bond acceptors (Lipinski definition) is 2. The predicted molar refractivity (Wildman–Crippen MR) is 95.4 cm³/mol. The fourth-order valence-electron chi connectivity index (χ4n) is 4.32. The van der Waals surface area contributed by atoms with E-state index in [1.54, 1.807) is 7.11 Å². The molecule has 0 spiro atoms. The molecule has 0 amide bonds. The molecule has 0 N–H and O–H groups in total. The lowest BCUT2D eigenvalue weighted by Gasteiger charge is -2.42. The third kappa shape index (κ3) is 4.07. The van der Waals surface area contributed by atoms with Gasteiger partial charge in [-0.05, 0) is 49.9 Å². The van der Waals surface area contributed by atoms with Crippen LogP contribution in [0, 0.1) is 0 Å². The maximum absolute atomic E-state index is 5.29. The molecule has 1 aromatic rings. The highest BCUT2D eigenvalue weighted by Crippen LogP contribution is 2.29. The zero-order chi connectivity index (χ0) is 15.2. The van der Waals surface area contributed by atoms with E-state index in [1.807, 2.05) is 0 Å². The summed E-state index contributed by atoms with van der Waals surface area (Å²) in [6.45, 7) is 0. The topological polar surface area (TPSA) is 12.5 Å². The first-order valence-corrected chi connectivity index (χ1v) is 9.25. The lowest BCUT2D eigenvalue weighted by Crippen LogP contribution is -2.50. The largest absolute Gasteiger partial charge is 0.497 e. The van der Waals surface area contributed by atoms with E-state index >= 15 is 0 Å². The van der Waals surface area contributed by atoms with Crippen LogP contribution in [0.4, 0.5) is 0 Å². The summed E-state index contributed by atoms with van der Waals surface area (Å²) in [5, 5.41) is 0. The van der Waals surface area contributed by atoms with Crippen molar-refractivity contribution in [1.82, 2.24) is 4.81 Å². The van der Waals surface area contributed by atoms with Crippen molar-refractivity contribution < 1.29 is 4.74 Å². The average molecular weight is 299 g/mol. The second-order valence-electron chi connectivity index (χ2n) is 7.10. The first-order chi connectivity index (χ1) is 10.9. The Morgan fingerprint density at radius 2 is 1.32 bits per heavy atom. The zero-order valence-electron chi connectivity index (χ0n) is 14.1. The molecule has 0 atom stereocenters. The van der Waals surface area contributed by atoms with E-state index in [0.717, 1.165) is 25.2 Å². The van der Waals surface area contributed by atoms with E-state index in [1.165, 1.54) is 69.7 Å². The van der Waals surface area contributed by atoms with Crippen LogP contribution in [0.1, 0.15) is 64.2 Å². The molecule has 2 fully saturated rings. The standard InChI is InChI=1S/C19H30BNO/c1-22-19-14-12-16(13-15-19)20-21(17-8-4-2-5-9-17)18-10-6-3-7-11-18/h12-15,17-18,20H,2-11H2,1H3. The first kappa shape index (κ1) is 15.9. The number of benzene rings is 1. The predicted octanol–water partition coefficient (Wildman–Crippen LogP) is 3.64. The van der Waals surface area contributed by atoms with Crippen LogP contribution in [0.2, 0.25) is 0 Å². The van der Waals surface area contributed by atoms with Crippen molar-refractivity contribution in [3.63, 3.8) is 0 Å². The van der Waals surface area contributed by atoms with Gasteiger partial charge >= 0.3 is 0 Å². The van der Waals surface area contributed by atoms with E-state index in [-0.39, 0.29) is 0 Å². The van der Waals surface area contributed by atoms with Gasteiger partial charge in [-0.2, -0.15) is 0 Å². The summed E-state index contributed by atoms with van der Waals surface area (Å²) in [6.07, 6.45) is 14.2. The van der Waals surface area contributed by atoms with E-state index in [9.17, 15) is 0 Å². The van der Waals surface area contributed by atoms with Crippen molar-refractivity contribution in [2.24, 2.45) is 0 Å². The molecular weight excluding hydrogens is 269 g/mol. The third-order valence-corrected chi connectivity index (χ3v) is 5.61. The van der Waals surface area contributed by atoms with Crippen LogP contribution in [0.15, 0.2) is 24.3 Å². The normalized spacial score (nSPS) is 21.0. The van der Waals surface area contributed by atoms with Crippen LogP contribution in [0.5, 0.6) is 5.75 Å². The lowest BCUT2D eigenvalue weighted by molar-refractivity contribution is 0.172. The van der Waals surface area contributed by atoms with Crippen molar-refractivity contribution in [1.29, 1.82) is 0 Å². The molecule has 120 valence electrons. The van der Waals surface area contributed by atoms with E-state index < -0.39 is 0 Å². The van der Waals surface area contributed by atoms with Crippen molar-refractivity contribution >= 4 is 12.9 Å². The molecule has 0 heterocycles. The highest BCUT2D eigenvalue weighted by molar-refractivity contribution is 6.50. The Morgan fingerprint density at radius 1 is 0.818 bits per heavy atom. The van der Waals surface area contributed by atoms with E-state index in [4.69, 9.17) is 4.74 Å². The Labute approximate surface area is 136 Å². The number of hydrogen-bond donors (Lipinski definition) is 0. The highest BCUT2D eigenvalue weighted by Gasteiger charge is 2.29. The van der Waals surface area contributed by atoms with Gasteiger partial charge < -0.3 is 9.55 Å². The van der Waals surface area contributed by atoms with E-state index in [0.29, 0.717) is 0 Å². The Morgan fingerprint density at radius 3 is 1.77 bits per heavy atom. The summed E-state index contributed by atoms with van der Waals surface area (Å²) in [4.78, 5) is 2.86. The van der Waals surface area contributed by atoms with Crippen molar-refractivity contribution in [3.05, 3.63) is 24.3 Å². The molecule has 1 aromatic carbocycles. The van der Waals surface area contributed by atoms with Gasteiger partial charge in [0.15, 0.2) is 0 Å². The minimum atomic E-state index is 0.818. The molecule has 0 bridgehead atoms. The molecule has 2 aliphatic rings. The number of rotatable bonds is 5. The summed E-state index contributed by atoms with van der Waals surface area (Å²) < 4.78 is 5.29. The highest BCUT2D eigenvalue weighted by atomic mass is 16.5. The molecule has 3 heteroatoms. The Kier molecular flexibility index (Phi) is 5.83. The molecule has 2 saturated carbocycles. The van der Waals surface area contributed by atoms with Gasteiger partial charge in [-0.25, -0.2) is 0 Å². The van der Waals surface area contributed by atoms with Crippen molar-refractivity contribution in [2.45, 2.75) is 76.3 Å². The molecule has 0 saturated heterocycles. The Hall–Kier alpha value is -0.955. The summed E-state index contributed by atoms with van der Waals surface area (Å²) in [6, 6.07) is 10.3. The minimum absolute atomic E-state index is 0.818. The maximum Gasteiger partial charge on any atom is 0.239 e. The molecule has 2 nitrogen and oxygen atoms in total. The molecule has 3 rings (SSSR count). The fourth-order valence-corrected chi connectivity index (χ4v) is 4.32. The lowest BCUT2D eigenvalue weighted by atomic mass is 9.73. The van der Waals surface area contributed by atoms with Gasteiger partial charge in [-0.3, -0.25) is 0 Å². The summed E-state index contributed by atoms with van der Waals surface area (Å²) in [5.74, 6) is 0.964. The number of nitrogens with zero attached hydrogens (tertiary/aromatic N) is 1.